The van der Waals surface area contributed by atoms with Crippen molar-refractivity contribution in [1.29, 1.82) is 0 Å². The van der Waals surface area contributed by atoms with Crippen molar-refractivity contribution in [1.82, 2.24) is 15.0 Å². The Hall–Kier alpha value is -1.89. The van der Waals surface area contributed by atoms with Crippen LogP contribution in [0.4, 0.5) is 0 Å². The molecule has 21 heavy (non-hydrogen) atoms. The lowest BCUT2D eigenvalue weighted by molar-refractivity contribution is 0.579. The maximum absolute atomic E-state index is 6.24. The monoisotopic (exact) mass is 299 g/mol. The average Bonchev–Trinajstić information content (AvgIpc) is 2.88. The predicted molar refractivity (Wildman–Crippen MR) is 86.0 cm³/mol. The van der Waals surface area contributed by atoms with Crippen LogP contribution < -0.4 is 11.5 Å². The first-order valence-corrected chi connectivity index (χ1v) is 7.63. The van der Waals surface area contributed by atoms with E-state index >= 15 is 0 Å². The number of aryl methyl sites for hydroxylation is 1. The van der Waals surface area contributed by atoms with Gasteiger partial charge in [-0.05, 0) is 36.9 Å². The molecular formula is C15H17N5S. The summed E-state index contributed by atoms with van der Waals surface area (Å²) in [5.74, 6) is 0.664. The van der Waals surface area contributed by atoms with E-state index in [4.69, 9.17) is 11.5 Å². The molecule has 0 bridgehead atoms. The minimum absolute atomic E-state index is 0.171. The van der Waals surface area contributed by atoms with Crippen LogP contribution in [0.3, 0.4) is 0 Å². The smallest absolute Gasteiger partial charge is 0.160 e. The maximum Gasteiger partial charge on any atom is 0.160 e. The Balaban J connectivity index is 2.26. The van der Waals surface area contributed by atoms with E-state index in [1.54, 1.807) is 23.7 Å². The van der Waals surface area contributed by atoms with Gasteiger partial charge in [-0.15, -0.1) is 11.3 Å². The number of rotatable bonds is 3. The van der Waals surface area contributed by atoms with Gasteiger partial charge in [0.1, 0.15) is 0 Å². The van der Waals surface area contributed by atoms with Crippen molar-refractivity contribution in [3.63, 3.8) is 0 Å². The van der Waals surface area contributed by atoms with Crippen LogP contribution >= 0.6 is 11.3 Å². The number of aromatic nitrogens is 3. The molecule has 3 aromatic rings. The third-order valence-corrected chi connectivity index (χ3v) is 4.55. The van der Waals surface area contributed by atoms with E-state index in [0.717, 1.165) is 27.0 Å². The van der Waals surface area contributed by atoms with Gasteiger partial charge in [0.25, 0.3) is 0 Å². The normalized spacial score (nSPS) is 14.3. The molecule has 0 aliphatic heterocycles. The van der Waals surface area contributed by atoms with Crippen molar-refractivity contribution in [3.05, 3.63) is 41.2 Å². The molecule has 0 aliphatic rings. The van der Waals surface area contributed by atoms with Crippen molar-refractivity contribution in [2.45, 2.75) is 25.9 Å². The van der Waals surface area contributed by atoms with E-state index in [-0.39, 0.29) is 12.1 Å². The number of thiophene rings is 1. The standard InChI is InChI=1S/C15H17N5S/c1-8-7-21-14-12(8)19-15(10-3-5-18-6-4-10)20-13(14)11(17)9(2)16/h3-7,9,11H,16-17H2,1-2H3. The van der Waals surface area contributed by atoms with Gasteiger partial charge in [-0.3, -0.25) is 4.98 Å². The number of nitrogens with zero attached hydrogens (tertiary/aromatic N) is 3. The fourth-order valence-corrected chi connectivity index (χ4v) is 3.19. The first-order chi connectivity index (χ1) is 10.1. The highest BCUT2D eigenvalue weighted by Gasteiger charge is 2.20. The van der Waals surface area contributed by atoms with Crippen molar-refractivity contribution in [3.8, 4) is 11.4 Å². The summed E-state index contributed by atoms with van der Waals surface area (Å²) in [7, 11) is 0. The van der Waals surface area contributed by atoms with Gasteiger partial charge in [0, 0.05) is 24.0 Å². The molecule has 0 spiro atoms. The van der Waals surface area contributed by atoms with Crippen LogP contribution in [-0.4, -0.2) is 21.0 Å². The second-order valence-corrected chi connectivity index (χ2v) is 6.03. The maximum atomic E-state index is 6.24. The van der Waals surface area contributed by atoms with Gasteiger partial charge in [0.2, 0.25) is 0 Å². The zero-order chi connectivity index (χ0) is 15.0. The SMILES string of the molecule is Cc1csc2c(C(N)C(C)N)nc(-c3ccncc3)nc12. The van der Waals surface area contributed by atoms with Crippen LogP contribution in [0.1, 0.15) is 24.2 Å². The lowest BCUT2D eigenvalue weighted by Crippen LogP contribution is -2.32. The van der Waals surface area contributed by atoms with E-state index in [2.05, 4.69) is 20.3 Å². The van der Waals surface area contributed by atoms with Gasteiger partial charge in [-0.25, -0.2) is 9.97 Å². The summed E-state index contributed by atoms with van der Waals surface area (Å²) < 4.78 is 1.02. The summed E-state index contributed by atoms with van der Waals surface area (Å²) in [5, 5.41) is 2.08. The molecule has 0 aliphatic carbocycles. The van der Waals surface area contributed by atoms with Gasteiger partial charge >= 0.3 is 0 Å². The summed E-state index contributed by atoms with van der Waals surface area (Å²) >= 11 is 1.62. The van der Waals surface area contributed by atoms with Gasteiger partial charge in [0.05, 0.1) is 22.0 Å². The number of nitrogens with two attached hydrogens (primary N) is 2. The van der Waals surface area contributed by atoms with E-state index in [0.29, 0.717) is 5.82 Å². The lowest BCUT2D eigenvalue weighted by Gasteiger charge is -2.16. The third kappa shape index (κ3) is 2.53. The van der Waals surface area contributed by atoms with Crippen molar-refractivity contribution in [2.75, 3.05) is 0 Å². The topological polar surface area (TPSA) is 90.7 Å². The van der Waals surface area contributed by atoms with Gasteiger partial charge in [-0.1, -0.05) is 0 Å². The molecule has 3 rings (SSSR count). The molecule has 0 amide bonds. The van der Waals surface area contributed by atoms with Crippen LogP contribution in [0.25, 0.3) is 21.6 Å². The Morgan fingerprint density at radius 1 is 1.14 bits per heavy atom. The average molecular weight is 299 g/mol. The molecule has 0 saturated carbocycles. The van der Waals surface area contributed by atoms with Gasteiger partial charge in [0.15, 0.2) is 5.82 Å². The van der Waals surface area contributed by atoms with Gasteiger partial charge < -0.3 is 11.5 Å². The molecule has 0 fully saturated rings. The summed E-state index contributed by atoms with van der Waals surface area (Å²) in [4.78, 5) is 13.4. The van der Waals surface area contributed by atoms with Crippen LogP contribution in [0.15, 0.2) is 29.9 Å². The largest absolute Gasteiger partial charge is 0.326 e. The molecule has 0 radical (unpaired) electrons. The Kier molecular flexibility index (Phi) is 3.67. The molecule has 4 N–H and O–H groups in total. The fraction of sp³-hybridized carbons (Fsp3) is 0.267. The highest BCUT2D eigenvalue weighted by Crippen LogP contribution is 2.31. The van der Waals surface area contributed by atoms with E-state index in [9.17, 15) is 0 Å². The Labute approximate surface area is 127 Å². The summed E-state index contributed by atoms with van der Waals surface area (Å²) in [6.07, 6.45) is 3.46. The fourth-order valence-electron chi connectivity index (χ4n) is 2.16. The molecule has 2 atom stereocenters. The summed E-state index contributed by atoms with van der Waals surface area (Å²) in [5.41, 5.74) is 16.0. The lowest BCUT2D eigenvalue weighted by atomic mass is 10.1. The molecule has 108 valence electrons. The van der Waals surface area contributed by atoms with Gasteiger partial charge in [-0.2, -0.15) is 0 Å². The highest BCUT2D eigenvalue weighted by atomic mass is 32.1. The zero-order valence-corrected chi connectivity index (χ0v) is 12.8. The van der Waals surface area contributed by atoms with Crippen LogP contribution in [-0.2, 0) is 0 Å². The minimum Gasteiger partial charge on any atom is -0.326 e. The zero-order valence-electron chi connectivity index (χ0n) is 11.9. The second-order valence-electron chi connectivity index (χ2n) is 5.15. The van der Waals surface area contributed by atoms with Crippen LogP contribution in [0.2, 0.25) is 0 Å². The molecule has 5 nitrogen and oxygen atoms in total. The molecule has 3 heterocycles. The molecule has 0 saturated heterocycles. The van der Waals surface area contributed by atoms with Crippen molar-refractivity contribution >= 4 is 21.6 Å². The molecule has 0 aromatic carbocycles. The number of hydrogen-bond acceptors (Lipinski definition) is 6. The van der Waals surface area contributed by atoms with Crippen molar-refractivity contribution < 1.29 is 0 Å². The predicted octanol–water partition coefficient (Wildman–Crippen LogP) is 2.41. The van der Waals surface area contributed by atoms with E-state index in [1.807, 2.05) is 26.0 Å². The Bertz CT molecular complexity index is 766. The van der Waals surface area contributed by atoms with E-state index in [1.165, 1.54) is 0 Å². The Morgan fingerprint density at radius 3 is 2.52 bits per heavy atom. The number of fused-ring (bicyclic) bond motifs is 1. The minimum atomic E-state index is -0.311. The van der Waals surface area contributed by atoms with E-state index < -0.39 is 0 Å². The second kappa shape index (κ2) is 5.48. The quantitative estimate of drug-likeness (QED) is 0.775. The first-order valence-electron chi connectivity index (χ1n) is 6.75. The number of hydrogen-bond donors (Lipinski definition) is 2. The molecule has 2 unspecified atom stereocenters. The molecule has 3 aromatic heterocycles. The molecule has 6 heteroatoms. The highest BCUT2D eigenvalue weighted by molar-refractivity contribution is 7.17. The third-order valence-electron chi connectivity index (χ3n) is 3.44. The molecular weight excluding hydrogens is 282 g/mol. The summed E-state index contributed by atoms with van der Waals surface area (Å²) in [6, 6.07) is 3.30. The summed E-state index contributed by atoms with van der Waals surface area (Å²) in [6.45, 7) is 3.94. The van der Waals surface area contributed by atoms with Crippen LogP contribution in [0, 0.1) is 6.92 Å². The van der Waals surface area contributed by atoms with Crippen LogP contribution in [0.5, 0.6) is 0 Å². The Morgan fingerprint density at radius 2 is 1.86 bits per heavy atom. The van der Waals surface area contributed by atoms with Crippen molar-refractivity contribution in [2.24, 2.45) is 11.5 Å². The number of pyridine rings is 1. The first kappa shape index (κ1) is 14.1.